The van der Waals surface area contributed by atoms with Crippen LogP contribution in [-0.2, 0) is 11.2 Å². The van der Waals surface area contributed by atoms with Gasteiger partial charge in [0.2, 0.25) is 0 Å². The summed E-state index contributed by atoms with van der Waals surface area (Å²) in [7, 11) is 0. The van der Waals surface area contributed by atoms with Crippen LogP contribution in [0.1, 0.15) is 12.5 Å². The zero-order valence-corrected chi connectivity index (χ0v) is 14.5. The van der Waals surface area contributed by atoms with E-state index in [1.807, 2.05) is 36.4 Å². The molecule has 1 aromatic heterocycles. The monoisotopic (exact) mass is 344 g/mol. The van der Waals surface area contributed by atoms with Gasteiger partial charge in [-0.2, -0.15) is 0 Å². The Morgan fingerprint density at radius 1 is 0.923 bits per heavy atom. The van der Waals surface area contributed by atoms with Crippen LogP contribution in [0.5, 0.6) is 0 Å². The van der Waals surface area contributed by atoms with Crippen LogP contribution >= 0.6 is 0 Å². The molecule has 0 saturated carbocycles. The molecule has 26 heavy (non-hydrogen) atoms. The lowest BCUT2D eigenvalue weighted by atomic mass is 9.94. The molecular formula is C22H20N2O2. The Labute approximate surface area is 151 Å². The Morgan fingerprint density at radius 2 is 1.42 bits per heavy atom. The van der Waals surface area contributed by atoms with Gasteiger partial charge in [-0.15, -0.1) is 0 Å². The van der Waals surface area contributed by atoms with Crippen molar-refractivity contribution in [1.29, 1.82) is 0 Å². The molecule has 0 aliphatic heterocycles. The largest absolute Gasteiger partial charge is 0.480 e. The maximum absolute atomic E-state index is 11.2. The van der Waals surface area contributed by atoms with Crippen molar-refractivity contribution in [1.82, 2.24) is 4.57 Å². The molecule has 0 fully saturated rings. The number of hydrogen-bond acceptors (Lipinski definition) is 2. The number of carboxylic acids is 1. The number of nitrogens with two attached hydrogens (primary N) is 1. The first kappa shape index (κ1) is 16.4. The third-order valence-corrected chi connectivity index (χ3v) is 4.83. The van der Waals surface area contributed by atoms with Gasteiger partial charge >= 0.3 is 5.97 Å². The molecule has 3 N–H and O–H groups in total. The van der Waals surface area contributed by atoms with Gasteiger partial charge in [0.05, 0.1) is 11.0 Å². The third-order valence-electron chi connectivity index (χ3n) is 4.83. The number of benzene rings is 3. The van der Waals surface area contributed by atoms with Gasteiger partial charge in [-0.3, -0.25) is 4.79 Å². The van der Waals surface area contributed by atoms with Crippen LogP contribution in [-0.4, -0.2) is 21.2 Å². The van der Waals surface area contributed by atoms with E-state index >= 15 is 0 Å². The van der Waals surface area contributed by atoms with Crippen molar-refractivity contribution in [3.63, 3.8) is 0 Å². The molecule has 0 aliphatic rings. The van der Waals surface area contributed by atoms with Gasteiger partial charge < -0.3 is 15.4 Å². The van der Waals surface area contributed by atoms with E-state index in [9.17, 15) is 9.90 Å². The topological polar surface area (TPSA) is 68.2 Å². The summed E-state index contributed by atoms with van der Waals surface area (Å²) in [6, 6.07) is 24.6. The van der Waals surface area contributed by atoms with Gasteiger partial charge in [0.1, 0.15) is 5.54 Å². The molecule has 1 atom stereocenters. The van der Waals surface area contributed by atoms with E-state index in [4.69, 9.17) is 5.73 Å². The smallest absolute Gasteiger partial charge is 0.323 e. The Hall–Kier alpha value is -3.11. The van der Waals surface area contributed by atoms with Gasteiger partial charge in [0.25, 0.3) is 0 Å². The van der Waals surface area contributed by atoms with Crippen molar-refractivity contribution in [3.8, 4) is 5.69 Å². The number of nitrogens with zero attached hydrogens (tertiary/aromatic N) is 1. The van der Waals surface area contributed by atoms with E-state index in [-0.39, 0.29) is 6.42 Å². The average molecular weight is 344 g/mol. The Balaban J connectivity index is 1.82. The molecule has 1 unspecified atom stereocenters. The minimum atomic E-state index is -1.27. The van der Waals surface area contributed by atoms with Gasteiger partial charge in [-0.25, -0.2) is 0 Å². The minimum absolute atomic E-state index is 0.287. The molecule has 0 bridgehead atoms. The van der Waals surface area contributed by atoms with Crippen LogP contribution in [0.2, 0.25) is 0 Å². The summed E-state index contributed by atoms with van der Waals surface area (Å²) in [6.07, 6.45) is 0.287. The van der Waals surface area contributed by atoms with E-state index < -0.39 is 11.5 Å². The first-order valence-corrected chi connectivity index (χ1v) is 8.57. The van der Waals surface area contributed by atoms with Crippen LogP contribution in [0.3, 0.4) is 0 Å². The number of fused-ring (bicyclic) bond motifs is 3. The summed E-state index contributed by atoms with van der Waals surface area (Å²) in [6.45, 7) is 1.54. The molecule has 0 radical (unpaired) electrons. The number of aromatic nitrogens is 1. The molecule has 0 aliphatic carbocycles. The summed E-state index contributed by atoms with van der Waals surface area (Å²) in [5.41, 5.74) is 8.84. The molecule has 4 nitrogen and oxygen atoms in total. The summed E-state index contributed by atoms with van der Waals surface area (Å²) in [4.78, 5) is 11.2. The lowest BCUT2D eigenvalue weighted by Gasteiger charge is -2.19. The maximum Gasteiger partial charge on any atom is 0.323 e. The van der Waals surface area contributed by atoms with Crippen molar-refractivity contribution in [2.75, 3.05) is 0 Å². The first-order valence-electron chi connectivity index (χ1n) is 8.57. The molecule has 0 saturated heterocycles. The summed E-state index contributed by atoms with van der Waals surface area (Å²) < 4.78 is 2.23. The first-order chi connectivity index (χ1) is 12.5. The lowest BCUT2D eigenvalue weighted by molar-refractivity contribution is -0.142. The fourth-order valence-corrected chi connectivity index (χ4v) is 3.46. The van der Waals surface area contributed by atoms with E-state index in [1.165, 1.54) is 17.7 Å². The number of rotatable bonds is 4. The van der Waals surface area contributed by atoms with Crippen molar-refractivity contribution in [3.05, 3.63) is 78.4 Å². The minimum Gasteiger partial charge on any atom is -0.480 e. The number of carbonyl (C=O) groups is 1. The normalized spacial score (nSPS) is 13.8. The highest BCUT2D eigenvalue weighted by molar-refractivity contribution is 6.09. The van der Waals surface area contributed by atoms with Crippen LogP contribution in [0.25, 0.3) is 27.5 Å². The highest BCUT2D eigenvalue weighted by Crippen LogP contribution is 2.31. The second kappa shape index (κ2) is 6.00. The number of carboxylic acid groups (broad SMARTS) is 1. The zero-order chi connectivity index (χ0) is 18.3. The van der Waals surface area contributed by atoms with Gasteiger partial charge in [0.15, 0.2) is 0 Å². The third kappa shape index (κ3) is 2.65. The van der Waals surface area contributed by atoms with Crippen molar-refractivity contribution in [2.45, 2.75) is 18.9 Å². The van der Waals surface area contributed by atoms with E-state index in [2.05, 4.69) is 41.0 Å². The van der Waals surface area contributed by atoms with Crippen molar-refractivity contribution in [2.24, 2.45) is 5.73 Å². The zero-order valence-electron chi connectivity index (χ0n) is 14.5. The standard InChI is InChI=1S/C22H20N2O2/c1-22(23,21(25)26)14-15-10-12-16(13-11-15)24-19-8-4-2-6-17(19)18-7-3-5-9-20(18)24/h2-13H,14,23H2,1H3,(H,25,26). The predicted molar refractivity (Wildman–Crippen MR) is 105 cm³/mol. The highest BCUT2D eigenvalue weighted by atomic mass is 16.4. The van der Waals surface area contributed by atoms with E-state index in [0.717, 1.165) is 22.3 Å². The Morgan fingerprint density at radius 3 is 1.92 bits per heavy atom. The molecule has 130 valence electrons. The van der Waals surface area contributed by atoms with Gasteiger partial charge in [-0.1, -0.05) is 48.5 Å². The fraction of sp³-hybridized carbons (Fsp3) is 0.136. The molecule has 4 heteroatoms. The lowest BCUT2D eigenvalue weighted by Crippen LogP contribution is -2.46. The second-order valence-corrected chi connectivity index (χ2v) is 6.94. The van der Waals surface area contributed by atoms with Crippen molar-refractivity contribution >= 4 is 27.8 Å². The molecular weight excluding hydrogens is 324 g/mol. The van der Waals surface area contributed by atoms with Gasteiger partial charge in [0, 0.05) is 22.9 Å². The van der Waals surface area contributed by atoms with Crippen LogP contribution in [0.4, 0.5) is 0 Å². The second-order valence-electron chi connectivity index (χ2n) is 6.94. The fourth-order valence-electron chi connectivity index (χ4n) is 3.46. The van der Waals surface area contributed by atoms with Crippen LogP contribution in [0.15, 0.2) is 72.8 Å². The van der Waals surface area contributed by atoms with Gasteiger partial charge in [-0.05, 0) is 36.8 Å². The molecule has 4 aromatic rings. The Bertz CT molecular complexity index is 1050. The average Bonchev–Trinajstić information content (AvgIpc) is 2.97. The number of para-hydroxylation sites is 2. The van der Waals surface area contributed by atoms with Crippen LogP contribution in [0, 0.1) is 0 Å². The van der Waals surface area contributed by atoms with Crippen molar-refractivity contribution < 1.29 is 9.90 Å². The summed E-state index contributed by atoms with van der Waals surface area (Å²) >= 11 is 0. The Kier molecular flexibility index (Phi) is 3.78. The molecule has 3 aromatic carbocycles. The summed E-state index contributed by atoms with van der Waals surface area (Å²) in [5, 5.41) is 11.6. The molecule has 0 amide bonds. The van der Waals surface area contributed by atoms with E-state index in [0.29, 0.717) is 0 Å². The molecule has 1 heterocycles. The quantitative estimate of drug-likeness (QED) is 0.585. The molecule has 0 spiro atoms. The van der Waals surface area contributed by atoms with E-state index in [1.54, 1.807) is 0 Å². The summed E-state index contributed by atoms with van der Waals surface area (Å²) in [5.74, 6) is -0.996. The van der Waals surface area contributed by atoms with Crippen LogP contribution < -0.4 is 5.73 Å². The SMILES string of the molecule is CC(N)(Cc1ccc(-n2c3ccccc3c3ccccc32)cc1)C(=O)O. The predicted octanol–water partition coefficient (Wildman–Crippen LogP) is 4.13. The number of aliphatic carboxylic acids is 1. The highest BCUT2D eigenvalue weighted by Gasteiger charge is 2.28. The number of hydrogen-bond donors (Lipinski definition) is 2. The molecule has 4 rings (SSSR count). The maximum atomic E-state index is 11.2.